The molecule has 1 aromatic carbocycles. The highest BCUT2D eigenvalue weighted by molar-refractivity contribution is 9.10. The number of hydrogen-bond donors (Lipinski definition) is 1. The molecule has 3 rings (SSSR count). The van der Waals surface area contributed by atoms with Crippen LogP contribution in [0, 0.1) is 0 Å². The molecule has 2 unspecified atom stereocenters. The zero-order valence-corrected chi connectivity index (χ0v) is 13.2. The first-order valence-electron chi connectivity index (χ1n) is 6.81. The number of para-hydroxylation sites is 1. The molecule has 2 N–H and O–H groups in total. The number of rotatable bonds is 3. The Morgan fingerprint density at radius 3 is 2.85 bits per heavy atom. The van der Waals surface area contributed by atoms with Crippen molar-refractivity contribution in [1.29, 1.82) is 0 Å². The number of nitrogens with zero attached hydrogens (tertiary/aromatic N) is 2. The van der Waals surface area contributed by atoms with Crippen LogP contribution >= 0.6 is 15.9 Å². The van der Waals surface area contributed by atoms with Crippen molar-refractivity contribution in [2.45, 2.75) is 38.5 Å². The van der Waals surface area contributed by atoms with Gasteiger partial charge in [0.1, 0.15) is 11.9 Å². The van der Waals surface area contributed by atoms with Crippen LogP contribution in [0.4, 0.5) is 0 Å². The predicted octanol–water partition coefficient (Wildman–Crippen LogP) is 3.23. The number of nitrogens with two attached hydrogens (primary N) is 1. The van der Waals surface area contributed by atoms with E-state index in [0.29, 0.717) is 0 Å². The first-order chi connectivity index (χ1) is 9.58. The van der Waals surface area contributed by atoms with E-state index in [1.807, 2.05) is 22.9 Å². The number of fused-ring (bicyclic) bond motifs is 1. The molecule has 0 aliphatic carbocycles. The SMILES string of the molecule is CC(C)n1ncc(Br)c1C(N)C1Cc2ccccc2O1. The van der Waals surface area contributed by atoms with E-state index in [1.54, 1.807) is 6.20 Å². The number of benzene rings is 1. The van der Waals surface area contributed by atoms with Gasteiger partial charge in [0.25, 0.3) is 0 Å². The zero-order valence-electron chi connectivity index (χ0n) is 11.6. The van der Waals surface area contributed by atoms with Gasteiger partial charge in [-0.1, -0.05) is 18.2 Å². The van der Waals surface area contributed by atoms with Gasteiger partial charge in [-0.15, -0.1) is 0 Å². The lowest BCUT2D eigenvalue weighted by Gasteiger charge is -2.22. The molecule has 1 aliphatic rings. The van der Waals surface area contributed by atoms with Crippen molar-refractivity contribution >= 4 is 15.9 Å². The molecule has 4 nitrogen and oxygen atoms in total. The van der Waals surface area contributed by atoms with E-state index in [0.717, 1.165) is 22.3 Å². The molecule has 0 fully saturated rings. The molecule has 1 aromatic heterocycles. The fourth-order valence-electron chi connectivity index (χ4n) is 2.66. The summed E-state index contributed by atoms with van der Waals surface area (Å²) in [7, 11) is 0. The Labute approximate surface area is 127 Å². The Bertz CT molecular complexity index is 598. The van der Waals surface area contributed by atoms with Crippen LogP contribution in [0.1, 0.15) is 37.2 Å². The molecule has 2 heterocycles. The minimum atomic E-state index is -0.207. The normalized spacial score (nSPS) is 18.9. The second-order valence-electron chi connectivity index (χ2n) is 5.41. The molecule has 0 bridgehead atoms. The molecule has 2 aromatic rings. The van der Waals surface area contributed by atoms with Crippen molar-refractivity contribution in [3.05, 3.63) is 46.2 Å². The van der Waals surface area contributed by atoms with E-state index in [-0.39, 0.29) is 18.2 Å². The maximum Gasteiger partial charge on any atom is 0.124 e. The largest absolute Gasteiger partial charge is 0.488 e. The van der Waals surface area contributed by atoms with E-state index >= 15 is 0 Å². The molecular weight excluding hydrogens is 318 g/mol. The second kappa shape index (κ2) is 5.22. The van der Waals surface area contributed by atoms with E-state index in [4.69, 9.17) is 10.5 Å². The van der Waals surface area contributed by atoms with Crippen LogP contribution in [-0.4, -0.2) is 15.9 Å². The van der Waals surface area contributed by atoms with Gasteiger partial charge in [-0.25, -0.2) is 0 Å². The molecule has 0 amide bonds. The summed E-state index contributed by atoms with van der Waals surface area (Å²) >= 11 is 3.55. The molecule has 0 radical (unpaired) electrons. The monoisotopic (exact) mass is 335 g/mol. The first kappa shape index (κ1) is 13.6. The topological polar surface area (TPSA) is 53.1 Å². The second-order valence-corrected chi connectivity index (χ2v) is 6.26. The van der Waals surface area contributed by atoms with E-state index in [2.05, 4.69) is 40.9 Å². The van der Waals surface area contributed by atoms with Gasteiger partial charge < -0.3 is 10.5 Å². The fraction of sp³-hybridized carbons (Fsp3) is 0.400. The van der Waals surface area contributed by atoms with E-state index in [1.165, 1.54) is 5.56 Å². The van der Waals surface area contributed by atoms with Gasteiger partial charge in [0.05, 0.1) is 22.4 Å². The Morgan fingerprint density at radius 1 is 1.40 bits per heavy atom. The average molecular weight is 336 g/mol. The van der Waals surface area contributed by atoms with Crippen molar-refractivity contribution in [1.82, 2.24) is 9.78 Å². The van der Waals surface area contributed by atoms with Crippen molar-refractivity contribution in [2.24, 2.45) is 5.73 Å². The van der Waals surface area contributed by atoms with Gasteiger partial charge in [0.15, 0.2) is 0 Å². The zero-order chi connectivity index (χ0) is 14.3. The predicted molar refractivity (Wildman–Crippen MR) is 81.8 cm³/mol. The lowest BCUT2D eigenvalue weighted by molar-refractivity contribution is 0.193. The highest BCUT2D eigenvalue weighted by Gasteiger charge is 2.32. The molecule has 0 spiro atoms. The summed E-state index contributed by atoms with van der Waals surface area (Å²) in [5.74, 6) is 0.944. The van der Waals surface area contributed by atoms with Gasteiger partial charge in [-0.05, 0) is 41.4 Å². The highest BCUT2D eigenvalue weighted by Crippen LogP contribution is 2.35. The lowest BCUT2D eigenvalue weighted by atomic mass is 10.0. The summed E-state index contributed by atoms with van der Waals surface area (Å²) in [6, 6.07) is 8.17. The van der Waals surface area contributed by atoms with Crippen molar-refractivity contribution in [3.8, 4) is 5.75 Å². The molecule has 5 heteroatoms. The Morgan fingerprint density at radius 2 is 2.15 bits per heavy atom. The molecule has 2 atom stereocenters. The molecular formula is C15H18BrN3O. The maximum absolute atomic E-state index is 6.45. The third-order valence-electron chi connectivity index (χ3n) is 3.66. The number of halogens is 1. The van der Waals surface area contributed by atoms with Crippen LogP contribution in [-0.2, 0) is 6.42 Å². The summed E-state index contributed by atoms with van der Waals surface area (Å²) in [4.78, 5) is 0. The number of hydrogen-bond acceptors (Lipinski definition) is 3. The minimum absolute atomic E-state index is 0.0436. The molecule has 0 saturated heterocycles. The average Bonchev–Trinajstić information content (AvgIpc) is 3.01. The number of aromatic nitrogens is 2. The summed E-state index contributed by atoms with van der Waals surface area (Å²) in [6.07, 6.45) is 2.60. The lowest BCUT2D eigenvalue weighted by Crippen LogP contribution is -2.32. The third kappa shape index (κ3) is 2.25. The Kier molecular flexibility index (Phi) is 3.56. The van der Waals surface area contributed by atoms with Crippen LogP contribution < -0.4 is 10.5 Å². The standard InChI is InChI=1S/C15H18BrN3O/c1-9(2)19-15(11(16)8-18-19)14(17)13-7-10-5-3-4-6-12(10)20-13/h3-6,8-9,13-14H,7,17H2,1-2H3. The van der Waals surface area contributed by atoms with Crippen LogP contribution in [0.15, 0.2) is 34.9 Å². The summed E-state index contributed by atoms with van der Waals surface area (Å²) in [5.41, 5.74) is 8.67. The van der Waals surface area contributed by atoms with Gasteiger partial charge in [0.2, 0.25) is 0 Å². The minimum Gasteiger partial charge on any atom is -0.488 e. The highest BCUT2D eigenvalue weighted by atomic mass is 79.9. The smallest absolute Gasteiger partial charge is 0.124 e. The van der Waals surface area contributed by atoms with Crippen molar-refractivity contribution in [2.75, 3.05) is 0 Å². The molecule has 0 saturated carbocycles. The van der Waals surface area contributed by atoms with Crippen LogP contribution in [0.5, 0.6) is 5.75 Å². The van der Waals surface area contributed by atoms with E-state index in [9.17, 15) is 0 Å². The van der Waals surface area contributed by atoms with Crippen molar-refractivity contribution < 1.29 is 4.74 Å². The van der Waals surface area contributed by atoms with E-state index < -0.39 is 0 Å². The Hall–Kier alpha value is -1.33. The van der Waals surface area contributed by atoms with Gasteiger partial charge in [-0.3, -0.25) is 4.68 Å². The first-order valence-corrected chi connectivity index (χ1v) is 7.60. The molecule has 20 heavy (non-hydrogen) atoms. The fourth-order valence-corrected chi connectivity index (χ4v) is 3.20. The van der Waals surface area contributed by atoms with Gasteiger partial charge >= 0.3 is 0 Å². The maximum atomic E-state index is 6.45. The van der Waals surface area contributed by atoms with Crippen LogP contribution in [0.25, 0.3) is 0 Å². The van der Waals surface area contributed by atoms with Crippen molar-refractivity contribution in [3.63, 3.8) is 0 Å². The Balaban J connectivity index is 1.88. The third-order valence-corrected chi connectivity index (χ3v) is 4.28. The quantitative estimate of drug-likeness (QED) is 0.936. The van der Waals surface area contributed by atoms with Crippen LogP contribution in [0.3, 0.4) is 0 Å². The summed E-state index contributed by atoms with van der Waals surface area (Å²) in [5, 5.41) is 4.39. The van der Waals surface area contributed by atoms with Gasteiger partial charge in [0, 0.05) is 12.5 Å². The van der Waals surface area contributed by atoms with Crippen LogP contribution in [0.2, 0.25) is 0 Å². The number of ether oxygens (including phenoxy) is 1. The molecule has 1 aliphatic heterocycles. The molecule has 106 valence electrons. The summed E-state index contributed by atoms with van der Waals surface area (Å²) in [6.45, 7) is 4.19. The van der Waals surface area contributed by atoms with Gasteiger partial charge in [-0.2, -0.15) is 5.10 Å². The summed E-state index contributed by atoms with van der Waals surface area (Å²) < 4.78 is 8.90.